The number of nitrogens with one attached hydrogen (secondary N) is 1. The Kier molecular flexibility index (Phi) is 4.90. The molecular weight excluding hydrogens is 321 g/mol. The average molecular weight is 339 g/mol. The van der Waals surface area contributed by atoms with E-state index in [1.165, 1.54) is 12.1 Å². The van der Waals surface area contributed by atoms with Crippen molar-refractivity contribution >= 4 is 5.91 Å². The Morgan fingerprint density at radius 1 is 1.16 bits per heavy atom. The van der Waals surface area contributed by atoms with E-state index >= 15 is 0 Å². The van der Waals surface area contributed by atoms with E-state index in [4.69, 9.17) is 5.21 Å². The van der Waals surface area contributed by atoms with Crippen molar-refractivity contribution in [3.63, 3.8) is 0 Å². The molecule has 0 radical (unpaired) electrons. The first-order chi connectivity index (χ1) is 12.1. The number of carbonyl (C=O) groups excluding carboxylic acids is 1. The summed E-state index contributed by atoms with van der Waals surface area (Å²) in [4.78, 5) is 11.3. The topological polar surface area (TPSA) is 67.2 Å². The van der Waals surface area contributed by atoms with Gasteiger partial charge in [-0.3, -0.25) is 14.7 Å². The van der Waals surface area contributed by atoms with Gasteiger partial charge in [-0.1, -0.05) is 12.1 Å². The quantitative estimate of drug-likeness (QED) is 0.553. The Labute approximate surface area is 144 Å². The van der Waals surface area contributed by atoms with Crippen LogP contribution < -0.4 is 5.48 Å². The molecule has 5 nitrogen and oxygen atoms in total. The van der Waals surface area contributed by atoms with E-state index in [9.17, 15) is 9.18 Å². The first kappa shape index (κ1) is 16.9. The van der Waals surface area contributed by atoms with Crippen LogP contribution in [0.25, 0.3) is 11.3 Å². The summed E-state index contributed by atoms with van der Waals surface area (Å²) in [5.74, 6) is -0.795. The van der Waals surface area contributed by atoms with Gasteiger partial charge in [0, 0.05) is 23.4 Å². The second-order valence-corrected chi connectivity index (χ2v) is 5.79. The molecule has 1 aromatic heterocycles. The van der Waals surface area contributed by atoms with Crippen LogP contribution in [0.2, 0.25) is 0 Å². The molecule has 3 rings (SSSR count). The van der Waals surface area contributed by atoms with Gasteiger partial charge in [-0.25, -0.2) is 9.87 Å². The second kappa shape index (κ2) is 7.27. The van der Waals surface area contributed by atoms with E-state index in [0.717, 1.165) is 28.9 Å². The molecule has 0 aliphatic rings. The largest absolute Gasteiger partial charge is 0.288 e. The Morgan fingerprint density at radius 3 is 2.48 bits per heavy atom. The number of aromatic nitrogens is 2. The lowest BCUT2D eigenvalue weighted by molar-refractivity contribution is 0.0706. The van der Waals surface area contributed by atoms with Gasteiger partial charge in [0.15, 0.2) is 0 Å². The zero-order valence-electron chi connectivity index (χ0n) is 13.7. The molecule has 0 aliphatic carbocycles. The normalized spacial score (nSPS) is 10.7. The standard InChI is InChI=1S/C19H18FN3O2/c1-13-12-18(15-6-8-17(20)9-7-15)21-23(13)11-10-14-2-4-16(5-3-14)19(24)22-25/h2-9,12,25H,10-11H2,1H3,(H,22,24). The van der Waals surface area contributed by atoms with E-state index in [1.54, 1.807) is 29.7 Å². The first-order valence-corrected chi connectivity index (χ1v) is 7.90. The molecule has 1 heterocycles. The molecule has 0 atom stereocenters. The van der Waals surface area contributed by atoms with Gasteiger partial charge in [0.05, 0.1) is 5.69 Å². The molecule has 128 valence electrons. The van der Waals surface area contributed by atoms with Crippen LogP contribution >= 0.6 is 0 Å². The maximum Gasteiger partial charge on any atom is 0.274 e. The predicted octanol–water partition coefficient (Wildman–Crippen LogP) is 3.36. The summed E-state index contributed by atoms with van der Waals surface area (Å²) in [6.45, 7) is 2.67. The number of rotatable bonds is 5. The lowest BCUT2D eigenvalue weighted by atomic mass is 10.1. The molecule has 6 heteroatoms. The fourth-order valence-electron chi connectivity index (χ4n) is 2.62. The van der Waals surface area contributed by atoms with Crippen molar-refractivity contribution in [2.75, 3.05) is 0 Å². The van der Waals surface area contributed by atoms with E-state index < -0.39 is 5.91 Å². The van der Waals surface area contributed by atoms with Gasteiger partial charge < -0.3 is 0 Å². The molecule has 3 aromatic rings. The molecule has 0 aliphatic heterocycles. The fraction of sp³-hybridized carbons (Fsp3) is 0.158. The minimum Gasteiger partial charge on any atom is -0.288 e. The van der Waals surface area contributed by atoms with Crippen LogP contribution in [-0.4, -0.2) is 20.9 Å². The fourth-order valence-corrected chi connectivity index (χ4v) is 2.62. The molecule has 0 unspecified atom stereocenters. The molecule has 0 spiro atoms. The van der Waals surface area contributed by atoms with Gasteiger partial charge in [-0.05, 0) is 61.4 Å². The molecule has 2 N–H and O–H groups in total. The minimum atomic E-state index is -0.529. The van der Waals surface area contributed by atoms with Crippen LogP contribution in [-0.2, 0) is 13.0 Å². The molecule has 0 bridgehead atoms. The van der Waals surface area contributed by atoms with E-state index in [2.05, 4.69) is 5.10 Å². The van der Waals surface area contributed by atoms with Crippen molar-refractivity contribution < 1.29 is 14.4 Å². The molecule has 0 fully saturated rings. The van der Waals surface area contributed by atoms with Crippen LogP contribution in [0.15, 0.2) is 54.6 Å². The third-order valence-corrected chi connectivity index (χ3v) is 4.05. The van der Waals surface area contributed by atoms with Gasteiger partial charge >= 0.3 is 0 Å². The van der Waals surface area contributed by atoms with Crippen molar-refractivity contribution in [3.05, 3.63) is 77.2 Å². The van der Waals surface area contributed by atoms with Crippen LogP contribution in [0.5, 0.6) is 0 Å². The summed E-state index contributed by atoms with van der Waals surface area (Å²) in [5.41, 5.74) is 5.79. The molecule has 0 saturated heterocycles. The van der Waals surface area contributed by atoms with Crippen LogP contribution in [0.3, 0.4) is 0 Å². The van der Waals surface area contributed by atoms with Gasteiger partial charge in [-0.15, -0.1) is 0 Å². The van der Waals surface area contributed by atoms with Crippen molar-refractivity contribution in [1.29, 1.82) is 0 Å². The van der Waals surface area contributed by atoms with E-state index in [1.807, 2.05) is 29.8 Å². The Hall–Kier alpha value is -2.99. The highest BCUT2D eigenvalue weighted by molar-refractivity contribution is 5.93. The zero-order chi connectivity index (χ0) is 17.8. The van der Waals surface area contributed by atoms with Crippen LogP contribution in [0.4, 0.5) is 4.39 Å². The molecule has 2 aromatic carbocycles. The molecule has 1 amide bonds. The number of aryl methyl sites for hydroxylation is 3. The number of hydroxylamine groups is 1. The number of hydrogen-bond acceptors (Lipinski definition) is 3. The van der Waals surface area contributed by atoms with E-state index in [-0.39, 0.29) is 5.82 Å². The second-order valence-electron chi connectivity index (χ2n) is 5.79. The number of benzene rings is 2. The predicted molar refractivity (Wildman–Crippen MR) is 91.8 cm³/mol. The summed E-state index contributed by atoms with van der Waals surface area (Å²) in [7, 11) is 0. The van der Waals surface area contributed by atoms with Crippen molar-refractivity contribution in [2.24, 2.45) is 0 Å². The van der Waals surface area contributed by atoms with E-state index in [0.29, 0.717) is 12.1 Å². The number of halogens is 1. The lowest BCUT2D eigenvalue weighted by Gasteiger charge is -2.06. The summed E-state index contributed by atoms with van der Waals surface area (Å²) >= 11 is 0. The first-order valence-electron chi connectivity index (χ1n) is 7.90. The van der Waals surface area contributed by atoms with Crippen molar-refractivity contribution in [1.82, 2.24) is 15.3 Å². The third kappa shape index (κ3) is 3.92. The molecule has 25 heavy (non-hydrogen) atoms. The van der Waals surface area contributed by atoms with Crippen LogP contribution in [0, 0.1) is 12.7 Å². The zero-order valence-corrected chi connectivity index (χ0v) is 13.7. The Balaban J connectivity index is 1.69. The van der Waals surface area contributed by atoms with Gasteiger partial charge in [0.1, 0.15) is 5.82 Å². The Bertz CT molecular complexity index is 871. The van der Waals surface area contributed by atoms with Crippen molar-refractivity contribution in [3.8, 4) is 11.3 Å². The summed E-state index contributed by atoms with van der Waals surface area (Å²) in [5, 5.41) is 13.2. The van der Waals surface area contributed by atoms with Gasteiger partial charge in [0.25, 0.3) is 5.91 Å². The number of nitrogens with zero attached hydrogens (tertiary/aromatic N) is 2. The highest BCUT2D eigenvalue weighted by Gasteiger charge is 2.08. The summed E-state index contributed by atoms with van der Waals surface area (Å²) < 4.78 is 14.9. The average Bonchev–Trinajstić information content (AvgIpc) is 3.01. The summed E-state index contributed by atoms with van der Waals surface area (Å²) in [6, 6.07) is 15.3. The molecular formula is C19H18FN3O2. The Morgan fingerprint density at radius 2 is 1.84 bits per heavy atom. The monoisotopic (exact) mass is 339 g/mol. The maximum atomic E-state index is 13.0. The highest BCUT2D eigenvalue weighted by atomic mass is 19.1. The SMILES string of the molecule is Cc1cc(-c2ccc(F)cc2)nn1CCc1ccc(C(=O)NO)cc1. The smallest absolute Gasteiger partial charge is 0.274 e. The maximum absolute atomic E-state index is 13.0. The highest BCUT2D eigenvalue weighted by Crippen LogP contribution is 2.19. The number of hydrogen-bond donors (Lipinski definition) is 2. The third-order valence-electron chi connectivity index (χ3n) is 4.05. The number of amides is 1. The van der Waals surface area contributed by atoms with Gasteiger partial charge in [-0.2, -0.15) is 5.10 Å². The number of carbonyl (C=O) groups is 1. The molecule has 0 saturated carbocycles. The minimum absolute atomic E-state index is 0.266. The van der Waals surface area contributed by atoms with Crippen molar-refractivity contribution in [2.45, 2.75) is 19.9 Å². The lowest BCUT2D eigenvalue weighted by Crippen LogP contribution is -2.18. The van der Waals surface area contributed by atoms with Crippen LogP contribution in [0.1, 0.15) is 21.6 Å². The summed E-state index contributed by atoms with van der Waals surface area (Å²) in [6.07, 6.45) is 0.756. The van der Waals surface area contributed by atoms with Gasteiger partial charge in [0.2, 0.25) is 0 Å².